The van der Waals surface area contributed by atoms with Gasteiger partial charge in [0.1, 0.15) is 0 Å². The summed E-state index contributed by atoms with van der Waals surface area (Å²) in [6.45, 7) is 1.00. The average molecular weight is 404 g/mol. The molecule has 4 rings (SSSR count). The number of aryl methyl sites for hydroxylation is 1. The number of fused-ring (bicyclic) bond motifs is 1. The van der Waals surface area contributed by atoms with Crippen LogP contribution >= 0.6 is 11.9 Å². The number of nitrogens with zero attached hydrogens (tertiary/aromatic N) is 1. The molecule has 0 aliphatic carbocycles. The van der Waals surface area contributed by atoms with Gasteiger partial charge < -0.3 is 15.4 Å². The molecule has 0 unspecified atom stereocenters. The number of carbonyl (C=O) groups is 2. The van der Waals surface area contributed by atoms with Crippen LogP contribution in [0, 0.1) is 0 Å². The maximum atomic E-state index is 12.5. The van der Waals surface area contributed by atoms with Gasteiger partial charge in [-0.05, 0) is 78.9 Å². The highest BCUT2D eigenvalue weighted by atomic mass is 32.2. The van der Waals surface area contributed by atoms with Crippen LogP contribution in [0.3, 0.4) is 0 Å². The maximum Gasteiger partial charge on any atom is 0.255 e. The van der Waals surface area contributed by atoms with Crippen molar-refractivity contribution in [2.24, 2.45) is 5.73 Å². The Bertz CT molecular complexity index is 1050. The van der Waals surface area contributed by atoms with Crippen molar-refractivity contribution in [2.75, 3.05) is 16.2 Å². The summed E-state index contributed by atoms with van der Waals surface area (Å²) in [4.78, 5) is 24.9. The molecule has 0 saturated carbocycles. The Hall–Kier alpha value is -3.25. The Labute approximate surface area is 174 Å². The largest absolute Gasteiger partial charge is 0.366 e. The zero-order chi connectivity index (χ0) is 20.2. The lowest BCUT2D eigenvalue weighted by Crippen LogP contribution is -2.22. The van der Waals surface area contributed by atoms with Crippen LogP contribution in [0.2, 0.25) is 0 Å². The van der Waals surface area contributed by atoms with E-state index in [9.17, 15) is 9.59 Å². The predicted octanol–water partition coefficient (Wildman–Crippen LogP) is 4.50. The van der Waals surface area contributed by atoms with Gasteiger partial charge in [-0.25, -0.2) is 0 Å². The summed E-state index contributed by atoms with van der Waals surface area (Å²) in [5, 5.41) is 2.80. The summed E-state index contributed by atoms with van der Waals surface area (Å²) in [7, 11) is 0. The number of para-hydroxylation sites is 1. The second kappa shape index (κ2) is 8.41. The molecule has 146 valence electrons. The van der Waals surface area contributed by atoms with Crippen LogP contribution in [0.4, 0.5) is 11.4 Å². The molecular weight excluding hydrogens is 382 g/mol. The minimum absolute atomic E-state index is 0.230. The first kappa shape index (κ1) is 19.1. The Morgan fingerprint density at radius 3 is 2.52 bits per heavy atom. The van der Waals surface area contributed by atoms with E-state index in [0.29, 0.717) is 16.8 Å². The molecule has 0 aromatic heterocycles. The smallest absolute Gasteiger partial charge is 0.255 e. The highest BCUT2D eigenvalue weighted by molar-refractivity contribution is 8.00. The second-order valence-corrected chi connectivity index (χ2v) is 7.94. The molecule has 3 aromatic rings. The van der Waals surface area contributed by atoms with Crippen molar-refractivity contribution in [2.45, 2.75) is 17.7 Å². The van der Waals surface area contributed by atoms with Crippen molar-refractivity contribution in [3.05, 3.63) is 89.5 Å². The minimum Gasteiger partial charge on any atom is -0.366 e. The monoisotopic (exact) mass is 403 g/mol. The van der Waals surface area contributed by atoms with E-state index in [0.717, 1.165) is 24.3 Å². The standard InChI is InChI=1S/C23H21N3O2S/c24-22(27)18-6-3-8-19(15-18)25-23(28)17-10-12-20(13-11-17)29-26-14-4-7-16-5-1-2-9-21(16)26/h1-3,5-6,8-13,15H,4,7,14H2,(H2,24,27)(H,25,28). The molecule has 0 radical (unpaired) electrons. The Morgan fingerprint density at radius 1 is 0.931 bits per heavy atom. The first-order valence-electron chi connectivity index (χ1n) is 9.45. The van der Waals surface area contributed by atoms with Crippen molar-refractivity contribution in [3.63, 3.8) is 0 Å². The molecule has 3 aromatic carbocycles. The van der Waals surface area contributed by atoms with E-state index in [-0.39, 0.29) is 5.91 Å². The van der Waals surface area contributed by atoms with Crippen LogP contribution in [-0.4, -0.2) is 18.4 Å². The van der Waals surface area contributed by atoms with Crippen LogP contribution in [0.15, 0.2) is 77.7 Å². The third-order valence-corrected chi connectivity index (χ3v) is 5.89. The number of amides is 2. The Kier molecular flexibility index (Phi) is 5.53. The normalized spacial score (nSPS) is 12.9. The van der Waals surface area contributed by atoms with Gasteiger partial charge >= 0.3 is 0 Å². The van der Waals surface area contributed by atoms with Gasteiger partial charge in [-0.3, -0.25) is 9.59 Å². The summed E-state index contributed by atoms with van der Waals surface area (Å²) >= 11 is 1.69. The van der Waals surface area contributed by atoms with Crippen LogP contribution in [0.5, 0.6) is 0 Å². The average Bonchev–Trinajstić information content (AvgIpc) is 2.75. The van der Waals surface area contributed by atoms with E-state index in [1.807, 2.05) is 24.3 Å². The van der Waals surface area contributed by atoms with Crippen molar-refractivity contribution in [3.8, 4) is 0 Å². The molecule has 0 spiro atoms. The number of hydrogen-bond donors (Lipinski definition) is 2. The number of nitrogens with one attached hydrogen (secondary N) is 1. The molecule has 1 aliphatic rings. The van der Waals surface area contributed by atoms with E-state index >= 15 is 0 Å². The summed E-state index contributed by atoms with van der Waals surface area (Å²) in [6, 6.07) is 22.6. The minimum atomic E-state index is -0.526. The third kappa shape index (κ3) is 4.43. The molecule has 0 bridgehead atoms. The number of carbonyl (C=O) groups excluding carboxylic acids is 2. The molecule has 0 atom stereocenters. The molecular formula is C23H21N3O2S. The highest BCUT2D eigenvalue weighted by Crippen LogP contribution is 2.35. The zero-order valence-corrected chi connectivity index (χ0v) is 16.6. The lowest BCUT2D eigenvalue weighted by Gasteiger charge is -2.29. The Morgan fingerprint density at radius 2 is 1.72 bits per heavy atom. The molecule has 0 saturated heterocycles. The van der Waals surface area contributed by atoms with E-state index in [1.165, 1.54) is 11.3 Å². The number of hydrogen-bond acceptors (Lipinski definition) is 4. The first-order chi connectivity index (χ1) is 14.1. The molecule has 1 aliphatic heterocycles. The summed E-state index contributed by atoms with van der Waals surface area (Å²) in [5.74, 6) is -0.756. The van der Waals surface area contributed by atoms with Gasteiger partial charge in [0.05, 0.1) is 5.69 Å². The summed E-state index contributed by atoms with van der Waals surface area (Å²) in [5.41, 5.74) is 9.38. The quantitative estimate of drug-likeness (QED) is 0.615. The third-order valence-electron chi connectivity index (χ3n) is 4.80. The molecule has 2 amide bonds. The lowest BCUT2D eigenvalue weighted by molar-refractivity contribution is 0.0996. The summed E-state index contributed by atoms with van der Waals surface area (Å²) in [6.07, 6.45) is 2.25. The first-order valence-corrected chi connectivity index (χ1v) is 10.2. The molecule has 29 heavy (non-hydrogen) atoms. The topological polar surface area (TPSA) is 75.4 Å². The van der Waals surface area contributed by atoms with Gasteiger partial charge in [0.2, 0.25) is 5.91 Å². The summed E-state index contributed by atoms with van der Waals surface area (Å²) < 4.78 is 2.31. The molecule has 6 heteroatoms. The lowest BCUT2D eigenvalue weighted by atomic mass is 10.0. The van der Waals surface area contributed by atoms with E-state index in [4.69, 9.17) is 5.73 Å². The number of nitrogens with two attached hydrogens (primary N) is 1. The predicted molar refractivity (Wildman–Crippen MR) is 117 cm³/mol. The van der Waals surface area contributed by atoms with Crippen LogP contribution in [0.25, 0.3) is 0 Å². The van der Waals surface area contributed by atoms with Crippen molar-refractivity contribution in [1.82, 2.24) is 0 Å². The zero-order valence-electron chi connectivity index (χ0n) is 15.8. The van der Waals surface area contributed by atoms with Gasteiger partial charge in [-0.2, -0.15) is 0 Å². The van der Waals surface area contributed by atoms with Gasteiger partial charge in [0.25, 0.3) is 5.91 Å². The van der Waals surface area contributed by atoms with Crippen LogP contribution < -0.4 is 15.4 Å². The second-order valence-electron chi connectivity index (χ2n) is 6.85. The molecule has 1 heterocycles. The fraction of sp³-hybridized carbons (Fsp3) is 0.130. The van der Waals surface area contributed by atoms with Gasteiger partial charge in [-0.15, -0.1) is 0 Å². The van der Waals surface area contributed by atoms with E-state index in [2.05, 4.69) is 33.9 Å². The van der Waals surface area contributed by atoms with Gasteiger partial charge in [0, 0.05) is 28.3 Å². The number of benzene rings is 3. The van der Waals surface area contributed by atoms with Crippen molar-refractivity contribution < 1.29 is 9.59 Å². The van der Waals surface area contributed by atoms with Crippen molar-refractivity contribution in [1.29, 1.82) is 0 Å². The van der Waals surface area contributed by atoms with Gasteiger partial charge in [0.15, 0.2) is 0 Å². The number of anilines is 2. The molecule has 5 nitrogen and oxygen atoms in total. The van der Waals surface area contributed by atoms with E-state index < -0.39 is 5.91 Å². The highest BCUT2D eigenvalue weighted by Gasteiger charge is 2.17. The van der Waals surface area contributed by atoms with E-state index in [1.54, 1.807) is 36.2 Å². The number of primary amides is 1. The Balaban J connectivity index is 1.44. The van der Waals surface area contributed by atoms with Crippen LogP contribution in [-0.2, 0) is 6.42 Å². The fourth-order valence-electron chi connectivity index (χ4n) is 3.34. The fourth-order valence-corrected chi connectivity index (χ4v) is 4.35. The maximum absolute atomic E-state index is 12.5. The van der Waals surface area contributed by atoms with Gasteiger partial charge in [-0.1, -0.05) is 24.3 Å². The number of rotatable bonds is 5. The van der Waals surface area contributed by atoms with Crippen LogP contribution in [0.1, 0.15) is 32.7 Å². The van der Waals surface area contributed by atoms with Crippen molar-refractivity contribution >= 4 is 35.1 Å². The molecule has 3 N–H and O–H groups in total. The SMILES string of the molecule is NC(=O)c1cccc(NC(=O)c2ccc(SN3CCCc4ccccc43)cc2)c1. The molecule has 0 fully saturated rings.